The van der Waals surface area contributed by atoms with E-state index in [-0.39, 0.29) is 17.3 Å². The average molecular weight is 1040 g/mol. The summed E-state index contributed by atoms with van der Waals surface area (Å²) in [5, 5.41) is 10.4. The Labute approximate surface area is 444 Å². The van der Waals surface area contributed by atoms with Crippen molar-refractivity contribution in [1.29, 1.82) is 0 Å². The number of hydrogen-bond donors (Lipinski definition) is 2. The highest BCUT2D eigenvalue weighted by Crippen LogP contribution is 2.45. The maximum Gasteiger partial charge on any atom is 0.354 e. The summed E-state index contributed by atoms with van der Waals surface area (Å²) < 4.78 is 51.6. The number of pyridine rings is 3. The highest BCUT2D eigenvalue weighted by molar-refractivity contribution is 5.89. The predicted molar refractivity (Wildman–Crippen MR) is 288 cm³/mol. The SMILES string of the molecule is COc1cc(OC)c(-c2ccnc(CN3CCN(Cc4cc(-c5c(OC)cc(OC)cc5OC)cc(C=O)n4)CC(CCCN)CN(Cc4cc(-c5c(OC)cc(OC)cc5OC)cc(C(=O)O)n4)CC3)c2)c(OC)c1. The molecule has 7 rings (SSSR count). The maximum atomic E-state index is 12.8. The fraction of sp³-hybridized carbons (Fsp3) is 0.386. The zero-order chi connectivity index (χ0) is 54.3. The van der Waals surface area contributed by atoms with Gasteiger partial charge in [-0.3, -0.25) is 24.5 Å². The van der Waals surface area contributed by atoms with Gasteiger partial charge in [-0.15, -0.1) is 0 Å². The Morgan fingerprint density at radius 2 is 0.961 bits per heavy atom. The zero-order valence-electron chi connectivity index (χ0n) is 44.8. The number of carbonyl (C=O) groups excluding carboxylic acids is 1. The van der Waals surface area contributed by atoms with Crippen LogP contribution < -0.4 is 48.4 Å². The van der Waals surface area contributed by atoms with Crippen molar-refractivity contribution in [3.05, 3.63) is 107 Å². The molecule has 19 nitrogen and oxygen atoms in total. The number of aldehydes is 1. The Kier molecular flexibility index (Phi) is 19.7. The Hall–Kier alpha value is -7.71. The van der Waals surface area contributed by atoms with Crippen LogP contribution in [-0.2, 0) is 19.6 Å². The van der Waals surface area contributed by atoms with E-state index in [0.29, 0.717) is 151 Å². The average Bonchev–Trinajstić information content (AvgIpc) is 3.47. The second-order valence-corrected chi connectivity index (χ2v) is 18.2. The summed E-state index contributed by atoms with van der Waals surface area (Å²) in [6, 6.07) is 21.8. The molecule has 0 spiro atoms. The van der Waals surface area contributed by atoms with Gasteiger partial charge in [0.2, 0.25) is 0 Å². The molecule has 1 unspecified atom stereocenters. The van der Waals surface area contributed by atoms with Gasteiger partial charge in [-0.05, 0) is 78.4 Å². The summed E-state index contributed by atoms with van der Waals surface area (Å²) in [5.41, 5.74) is 12.5. The number of methoxy groups -OCH3 is 9. The fourth-order valence-corrected chi connectivity index (χ4v) is 9.78. The van der Waals surface area contributed by atoms with E-state index in [4.69, 9.17) is 63.3 Å². The van der Waals surface area contributed by atoms with E-state index < -0.39 is 5.97 Å². The van der Waals surface area contributed by atoms with Crippen molar-refractivity contribution < 1.29 is 57.3 Å². The first-order valence-corrected chi connectivity index (χ1v) is 24.9. The van der Waals surface area contributed by atoms with E-state index in [1.165, 1.54) is 6.07 Å². The minimum atomic E-state index is -1.17. The van der Waals surface area contributed by atoms with Gasteiger partial charge >= 0.3 is 5.97 Å². The lowest BCUT2D eigenvalue weighted by atomic mass is 9.99. The number of aromatic carboxylic acids is 1. The van der Waals surface area contributed by atoms with E-state index in [9.17, 15) is 14.7 Å². The molecule has 1 fully saturated rings. The van der Waals surface area contributed by atoms with E-state index in [1.807, 2.05) is 36.4 Å². The molecular formula is C57H69N7O12. The number of carbonyl (C=O) groups is 2. The normalized spacial score (nSPS) is 14.6. The molecule has 0 saturated carbocycles. The van der Waals surface area contributed by atoms with Crippen LogP contribution in [0.2, 0.25) is 0 Å². The number of nitrogens with zero attached hydrogens (tertiary/aromatic N) is 6. The molecular weight excluding hydrogens is 975 g/mol. The molecule has 0 amide bonds. The van der Waals surface area contributed by atoms with Gasteiger partial charge < -0.3 is 53.5 Å². The lowest BCUT2D eigenvalue weighted by Crippen LogP contribution is -2.45. The number of carboxylic acids is 1. The van der Waals surface area contributed by atoms with Crippen LogP contribution in [0.1, 0.15) is 50.9 Å². The van der Waals surface area contributed by atoms with Gasteiger partial charge in [0.1, 0.15) is 63.1 Å². The third kappa shape index (κ3) is 13.6. The summed E-state index contributed by atoms with van der Waals surface area (Å²) in [7, 11) is 14.2. The first-order chi connectivity index (χ1) is 36.9. The minimum Gasteiger partial charge on any atom is -0.496 e. The maximum absolute atomic E-state index is 12.8. The first kappa shape index (κ1) is 56.0. The molecule has 1 saturated heterocycles. The van der Waals surface area contributed by atoms with Gasteiger partial charge in [-0.25, -0.2) is 14.8 Å². The highest BCUT2D eigenvalue weighted by Gasteiger charge is 2.26. The molecule has 19 heteroatoms. The van der Waals surface area contributed by atoms with Gasteiger partial charge in [0.05, 0.1) is 97.8 Å². The Morgan fingerprint density at radius 1 is 0.553 bits per heavy atom. The number of ether oxygens (including phenoxy) is 9. The molecule has 3 aromatic heterocycles. The number of hydrogen-bond acceptors (Lipinski definition) is 18. The second-order valence-electron chi connectivity index (χ2n) is 18.2. The fourth-order valence-electron chi connectivity index (χ4n) is 9.78. The molecule has 1 atom stereocenters. The lowest BCUT2D eigenvalue weighted by Gasteiger charge is -2.36. The van der Waals surface area contributed by atoms with Crippen LogP contribution in [0.5, 0.6) is 51.7 Å². The molecule has 0 aliphatic carbocycles. The molecule has 1 aliphatic rings. The van der Waals surface area contributed by atoms with Crippen LogP contribution in [0, 0.1) is 5.92 Å². The van der Waals surface area contributed by atoms with Gasteiger partial charge in [0.25, 0.3) is 0 Å². The van der Waals surface area contributed by atoms with Crippen molar-refractivity contribution in [1.82, 2.24) is 29.7 Å². The Morgan fingerprint density at radius 3 is 1.38 bits per heavy atom. The summed E-state index contributed by atoms with van der Waals surface area (Å²) in [5.74, 6) is 3.74. The largest absolute Gasteiger partial charge is 0.496 e. The first-order valence-electron chi connectivity index (χ1n) is 24.9. The van der Waals surface area contributed by atoms with E-state index >= 15 is 0 Å². The summed E-state index contributed by atoms with van der Waals surface area (Å²) in [6.07, 6.45) is 4.15. The Balaban J connectivity index is 1.29. The molecule has 3 aromatic carbocycles. The van der Waals surface area contributed by atoms with E-state index in [1.54, 1.807) is 101 Å². The molecule has 0 bridgehead atoms. The third-order valence-electron chi connectivity index (χ3n) is 13.4. The molecule has 404 valence electrons. The van der Waals surface area contributed by atoms with Gasteiger partial charge in [0.15, 0.2) is 6.29 Å². The van der Waals surface area contributed by atoms with Crippen molar-refractivity contribution >= 4 is 12.3 Å². The monoisotopic (exact) mass is 1040 g/mol. The standard InChI is InChI=1S/C57H69N7O12/c1-68-44-24-48(71-4)54(49(25-44)72-5)37-12-14-59-40(19-37)32-62-15-17-63(33-41-20-38(22-43(35-65)60-41)55-50(73-6)26-45(69-2)27-51(55)74-7)30-36(11-10-13-58)31-64(18-16-62)34-42-21-39(23-47(61-42)57(66)67)56-52(75-8)28-46(70-3)29-53(56)76-9/h12,14,19-29,35-36H,10-11,13,15-18,30-34,58H2,1-9H3,(H,66,67). The van der Waals surface area contributed by atoms with E-state index in [2.05, 4.69) is 14.7 Å². The smallest absolute Gasteiger partial charge is 0.354 e. The number of nitrogens with two attached hydrogens (primary N) is 1. The molecule has 4 heterocycles. The van der Waals surface area contributed by atoms with Crippen LogP contribution in [-0.4, -0.2) is 157 Å². The molecule has 1 aliphatic heterocycles. The van der Waals surface area contributed by atoms with Crippen molar-refractivity contribution in [3.8, 4) is 85.1 Å². The summed E-state index contributed by atoms with van der Waals surface area (Å²) >= 11 is 0. The Bertz CT molecular complexity index is 2880. The van der Waals surface area contributed by atoms with Crippen molar-refractivity contribution in [2.45, 2.75) is 32.5 Å². The molecule has 0 radical (unpaired) electrons. The van der Waals surface area contributed by atoms with Crippen molar-refractivity contribution in [3.63, 3.8) is 0 Å². The quantitative estimate of drug-likeness (QED) is 0.0590. The van der Waals surface area contributed by atoms with Crippen LogP contribution in [0.4, 0.5) is 0 Å². The zero-order valence-corrected chi connectivity index (χ0v) is 44.8. The molecule has 6 aromatic rings. The van der Waals surface area contributed by atoms with Crippen molar-refractivity contribution in [2.75, 3.05) is 110 Å². The number of benzene rings is 3. The third-order valence-corrected chi connectivity index (χ3v) is 13.4. The van der Waals surface area contributed by atoms with Gasteiger partial charge in [0, 0.05) is 101 Å². The molecule has 76 heavy (non-hydrogen) atoms. The van der Waals surface area contributed by atoms with Crippen LogP contribution in [0.15, 0.2) is 79.0 Å². The van der Waals surface area contributed by atoms with Crippen LogP contribution >= 0.6 is 0 Å². The lowest BCUT2D eigenvalue weighted by molar-refractivity contribution is 0.0689. The predicted octanol–water partition coefficient (Wildman–Crippen LogP) is 7.64. The van der Waals surface area contributed by atoms with Gasteiger partial charge in [-0.1, -0.05) is 0 Å². The van der Waals surface area contributed by atoms with Crippen molar-refractivity contribution in [2.24, 2.45) is 11.7 Å². The topological polar surface area (TPSA) is 212 Å². The number of rotatable bonds is 23. The minimum absolute atomic E-state index is 0.113. The second kappa shape index (κ2) is 26.7. The highest BCUT2D eigenvalue weighted by atomic mass is 16.5. The van der Waals surface area contributed by atoms with Crippen LogP contribution in [0.3, 0.4) is 0 Å². The summed E-state index contributed by atoms with van der Waals surface area (Å²) in [6.45, 7) is 5.52. The molecule has 3 N–H and O–H groups in total. The summed E-state index contributed by atoms with van der Waals surface area (Å²) in [4.78, 5) is 46.9. The van der Waals surface area contributed by atoms with Crippen LogP contribution in [0.25, 0.3) is 33.4 Å². The number of carboxylic acid groups (broad SMARTS) is 1. The van der Waals surface area contributed by atoms with Gasteiger partial charge in [-0.2, -0.15) is 0 Å². The van der Waals surface area contributed by atoms with E-state index in [0.717, 1.165) is 35.9 Å². The number of aromatic nitrogens is 3.